The molecule has 4 amide bonds. The Labute approximate surface area is 141 Å². The molecular formula is C17H24N4O3. The average molecular weight is 332 g/mol. The van der Waals surface area contributed by atoms with Crippen LogP contribution >= 0.6 is 0 Å². The standard InChI is InChI=1S/C17H24N4O3/c1-2-14-12-20(16(23)10-19-17(18)24)9-8-15(22)21(14)11-13-6-4-3-5-7-13/h3-7,14H,2,8-12H2,1H3,(H3,18,19,24). The van der Waals surface area contributed by atoms with Crippen LogP contribution in [0.25, 0.3) is 0 Å². The normalized spacial score (nSPS) is 18.2. The second kappa shape index (κ2) is 8.33. The predicted octanol–water partition coefficient (Wildman–Crippen LogP) is 0.694. The van der Waals surface area contributed by atoms with Gasteiger partial charge < -0.3 is 20.9 Å². The molecule has 0 bridgehead atoms. The lowest BCUT2D eigenvalue weighted by atomic mass is 10.1. The number of hydrogen-bond acceptors (Lipinski definition) is 3. The van der Waals surface area contributed by atoms with E-state index in [1.54, 1.807) is 4.90 Å². The summed E-state index contributed by atoms with van der Waals surface area (Å²) in [4.78, 5) is 39.0. The summed E-state index contributed by atoms with van der Waals surface area (Å²) >= 11 is 0. The number of hydrogen-bond donors (Lipinski definition) is 2. The summed E-state index contributed by atoms with van der Waals surface area (Å²) in [7, 11) is 0. The Kier molecular flexibility index (Phi) is 6.17. The maximum absolute atomic E-state index is 12.5. The molecule has 0 aromatic heterocycles. The molecule has 7 heteroatoms. The fourth-order valence-electron chi connectivity index (χ4n) is 2.87. The molecule has 3 N–H and O–H groups in total. The molecule has 1 aliphatic rings. The molecule has 1 aliphatic heterocycles. The number of rotatable bonds is 5. The van der Waals surface area contributed by atoms with E-state index in [2.05, 4.69) is 5.32 Å². The third kappa shape index (κ3) is 4.71. The molecule has 1 aromatic rings. The first-order valence-corrected chi connectivity index (χ1v) is 8.15. The Morgan fingerprint density at radius 2 is 2.00 bits per heavy atom. The van der Waals surface area contributed by atoms with E-state index in [-0.39, 0.29) is 30.8 Å². The third-order valence-electron chi connectivity index (χ3n) is 4.22. The van der Waals surface area contributed by atoms with Gasteiger partial charge in [-0.1, -0.05) is 37.3 Å². The van der Waals surface area contributed by atoms with Gasteiger partial charge in [-0.2, -0.15) is 0 Å². The van der Waals surface area contributed by atoms with Crippen LogP contribution in [0.4, 0.5) is 4.79 Å². The second-order valence-electron chi connectivity index (χ2n) is 5.88. The van der Waals surface area contributed by atoms with Crippen molar-refractivity contribution >= 4 is 17.8 Å². The van der Waals surface area contributed by atoms with Crippen LogP contribution in [0, 0.1) is 0 Å². The zero-order chi connectivity index (χ0) is 17.5. The topological polar surface area (TPSA) is 95.7 Å². The number of amides is 4. The SMILES string of the molecule is CCC1CN(C(=O)CNC(N)=O)CCC(=O)N1Cc1ccccc1. The number of urea groups is 1. The maximum Gasteiger partial charge on any atom is 0.312 e. The van der Waals surface area contributed by atoms with Crippen LogP contribution in [0.15, 0.2) is 30.3 Å². The molecule has 1 aromatic carbocycles. The van der Waals surface area contributed by atoms with Gasteiger partial charge in [-0.05, 0) is 12.0 Å². The van der Waals surface area contributed by atoms with Gasteiger partial charge in [-0.25, -0.2) is 4.79 Å². The van der Waals surface area contributed by atoms with Crippen LogP contribution in [0.2, 0.25) is 0 Å². The van der Waals surface area contributed by atoms with E-state index < -0.39 is 6.03 Å². The van der Waals surface area contributed by atoms with Crippen molar-refractivity contribution in [1.29, 1.82) is 0 Å². The van der Waals surface area contributed by atoms with Crippen LogP contribution in [0.5, 0.6) is 0 Å². The number of carbonyl (C=O) groups is 3. The van der Waals surface area contributed by atoms with Gasteiger partial charge in [0, 0.05) is 32.1 Å². The zero-order valence-electron chi connectivity index (χ0n) is 13.9. The van der Waals surface area contributed by atoms with Gasteiger partial charge in [0.05, 0.1) is 6.54 Å². The van der Waals surface area contributed by atoms with Gasteiger partial charge in [0.15, 0.2) is 0 Å². The number of nitrogens with zero attached hydrogens (tertiary/aromatic N) is 2. The minimum Gasteiger partial charge on any atom is -0.352 e. The van der Waals surface area contributed by atoms with E-state index in [9.17, 15) is 14.4 Å². The number of primary amides is 1. The summed E-state index contributed by atoms with van der Waals surface area (Å²) in [6, 6.07) is 9.05. The van der Waals surface area contributed by atoms with Crippen molar-refractivity contribution in [3.63, 3.8) is 0 Å². The first kappa shape index (κ1) is 17.8. The van der Waals surface area contributed by atoms with E-state index in [1.807, 2.05) is 42.2 Å². The minimum atomic E-state index is -0.730. The molecule has 1 fully saturated rings. The van der Waals surface area contributed by atoms with E-state index in [0.29, 0.717) is 19.6 Å². The van der Waals surface area contributed by atoms with Crippen molar-refractivity contribution < 1.29 is 14.4 Å². The Hall–Kier alpha value is -2.57. The van der Waals surface area contributed by atoms with E-state index >= 15 is 0 Å². The highest BCUT2D eigenvalue weighted by Crippen LogP contribution is 2.17. The molecule has 0 saturated carbocycles. The molecule has 1 heterocycles. The van der Waals surface area contributed by atoms with Crippen molar-refractivity contribution in [3.8, 4) is 0 Å². The van der Waals surface area contributed by atoms with Crippen LogP contribution in [-0.2, 0) is 16.1 Å². The van der Waals surface area contributed by atoms with Crippen molar-refractivity contribution in [3.05, 3.63) is 35.9 Å². The smallest absolute Gasteiger partial charge is 0.312 e. The van der Waals surface area contributed by atoms with Crippen molar-refractivity contribution in [2.45, 2.75) is 32.4 Å². The summed E-state index contributed by atoms with van der Waals surface area (Å²) in [5.41, 5.74) is 6.07. The Morgan fingerprint density at radius 3 is 2.62 bits per heavy atom. The monoisotopic (exact) mass is 332 g/mol. The highest BCUT2D eigenvalue weighted by molar-refractivity contribution is 5.84. The largest absolute Gasteiger partial charge is 0.352 e. The van der Waals surface area contributed by atoms with Crippen LogP contribution in [-0.4, -0.2) is 53.3 Å². The minimum absolute atomic E-state index is 0.0438. The number of carbonyl (C=O) groups excluding carboxylic acids is 3. The molecule has 1 unspecified atom stereocenters. The highest BCUT2D eigenvalue weighted by atomic mass is 16.2. The van der Waals surface area contributed by atoms with Gasteiger partial charge in [-0.3, -0.25) is 9.59 Å². The molecule has 0 radical (unpaired) electrons. The lowest BCUT2D eigenvalue weighted by molar-refractivity contribution is -0.133. The summed E-state index contributed by atoms with van der Waals surface area (Å²) in [5.74, 6) is -0.175. The van der Waals surface area contributed by atoms with Gasteiger partial charge in [0.25, 0.3) is 0 Å². The van der Waals surface area contributed by atoms with Crippen molar-refractivity contribution in [2.24, 2.45) is 5.73 Å². The molecule has 130 valence electrons. The maximum atomic E-state index is 12.5. The van der Waals surface area contributed by atoms with Crippen LogP contribution < -0.4 is 11.1 Å². The van der Waals surface area contributed by atoms with Crippen LogP contribution in [0.1, 0.15) is 25.3 Å². The molecule has 7 nitrogen and oxygen atoms in total. The third-order valence-corrected chi connectivity index (χ3v) is 4.22. The van der Waals surface area contributed by atoms with Gasteiger partial charge in [0.2, 0.25) is 11.8 Å². The Bertz CT molecular complexity index is 591. The number of nitrogens with one attached hydrogen (secondary N) is 1. The van der Waals surface area contributed by atoms with Crippen molar-refractivity contribution in [1.82, 2.24) is 15.1 Å². The lowest BCUT2D eigenvalue weighted by Gasteiger charge is -2.31. The lowest BCUT2D eigenvalue weighted by Crippen LogP contribution is -2.46. The molecule has 2 rings (SSSR count). The summed E-state index contributed by atoms with van der Waals surface area (Å²) < 4.78 is 0. The molecule has 1 saturated heterocycles. The van der Waals surface area contributed by atoms with Gasteiger partial charge in [-0.15, -0.1) is 0 Å². The molecule has 0 spiro atoms. The average Bonchev–Trinajstić information content (AvgIpc) is 2.73. The molecule has 24 heavy (non-hydrogen) atoms. The van der Waals surface area contributed by atoms with Gasteiger partial charge >= 0.3 is 6.03 Å². The second-order valence-corrected chi connectivity index (χ2v) is 5.88. The highest BCUT2D eigenvalue weighted by Gasteiger charge is 2.30. The van der Waals surface area contributed by atoms with Crippen LogP contribution in [0.3, 0.4) is 0 Å². The molecule has 1 atom stereocenters. The fourth-order valence-corrected chi connectivity index (χ4v) is 2.87. The van der Waals surface area contributed by atoms with E-state index in [4.69, 9.17) is 5.73 Å². The van der Waals surface area contributed by atoms with Gasteiger partial charge in [0.1, 0.15) is 0 Å². The van der Waals surface area contributed by atoms with E-state index in [0.717, 1.165) is 12.0 Å². The zero-order valence-corrected chi connectivity index (χ0v) is 13.9. The first-order valence-electron chi connectivity index (χ1n) is 8.15. The first-order chi connectivity index (χ1) is 11.5. The van der Waals surface area contributed by atoms with E-state index in [1.165, 1.54) is 0 Å². The van der Waals surface area contributed by atoms with Crippen molar-refractivity contribution in [2.75, 3.05) is 19.6 Å². The Morgan fingerprint density at radius 1 is 1.29 bits per heavy atom. The predicted molar refractivity (Wildman–Crippen MR) is 89.9 cm³/mol. The summed E-state index contributed by atoms with van der Waals surface area (Å²) in [6.45, 7) is 3.23. The molecular weight excluding hydrogens is 308 g/mol. The summed E-state index contributed by atoms with van der Waals surface area (Å²) in [6.07, 6.45) is 1.04. The number of benzene rings is 1. The number of nitrogens with two attached hydrogens (primary N) is 1. The summed E-state index contributed by atoms with van der Waals surface area (Å²) in [5, 5.41) is 2.31. The quantitative estimate of drug-likeness (QED) is 0.830. The fraction of sp³-hybridized carbons (Fsp3) is 0.471. The molecule has 0 aliphatic carbocycles. The Balaban J connectivity index is 2.07.